The molecule has 2 saturated heterocycles. The van der Waals surface area contributed by atoms with Gasteiger partial charge in [-0.05, 0) is 40.2 Å². The summed E-state index contributed by atoms with van der Waals surface area (Å²) in [6.07, 6.45) is 1.79. The molecule has 2 fully saturated rings. The number of primary amides is 1. The number of carbonyl (C=O) groups is 2. The van der Waals surface area contributed by atoms with Crippen molar-refractivity contribution < 1.29 is 14.3 Å². The maximum absolute atomic E-state index is 13.2. The molecule has 200 valence electrons. The molecule has 2 aliphatic rings. The highest BCUT2D eigenvalue weighted by atomic mass is 79.9. The van der Waals surface area contributed by atoms with E-state index in [4.69, 9.17) is 15.5 Å². The molecule has 0 saturated carbocycles. The summed E-state index contributed by atoms with van der Waals surface area (Å²) in [5.74, 6) is 1.60. The lowest BCUT2D eigenvalue weighted by Gasteiger charge is -2.35. The van der Waals surface area contributed by atoms with Gasteiger partial charge in [0, 0.05) is 56.6 Å². The third-order valence-electron chi connectivity index (χ3n) is 7.06. The van der Waals surface area contributed by atoms with Gasteiger partial charge in [-0.15, -0.1) is 0 Å². The van der Waals surface area contributed by atoms with Gasteiger partial charge in [0.15, 0.2) is 0 Å². The summed E-state index contributed by atoms with van der Waals surface area (Å²) in [6, 6.07) is 12.6. The molecule has 39 heavy (non-hydrogen) atoms. The van der Waals surface area contributed by atoms with Crippen molar-refractivity contribution in [2.24, 2.45) is 5.73 Å². The largest absolute Gasteiger partial charge is 0.378 e. The number of aromatic amines is 1. The number of hydrogen-bond donors (Lipinski definition) is 2. The van der Waals surface area contributed by atoms with Crippen LogP contribution in [-0.4, -0.2) is 89.1 Å². The van der Waals surface area contributed by atoms with Gasteiger partial charge >= 0.3 is 0 Å². The Morgan fingerprint density at radius 2 is 1.67 bits per heavy atom. The van der Waals surface area contributed by atoms with E-state index in [2.05, 4.69) is 40.7 Å². The molecular weight excluding hydrogens is 564 g/mol. The molecule has 2 aromatic heterocycles. The van der Waals surface area contributed by atoms with Gasteiger partial charge in [-0.2, -0.15) is 4.98 Å². The average Bonchev–Trinajstić information content (AvgIpc) is 3.42. The number of nitrogens with one attached hydrogen (secondary N) is 1. The summed E-state index contributed by atoms with van der Waals surface area (Å²) >= 11 is 3.58. The standard InChI is InChI=1S/C27H27BrN8O3/c28-20-16-30-27(33-25(20)34-12-14-39-15-13-34)36-10-8-35(9-11-36)26(38)18-6-4-17(5-7-18)24-31-21-3-1-2-19(23(29)37)22(21)32-24/h1-7,16H,8-15H2,(H2,29,37)(H,31,32). The number of imidazole rings is 1. The van der Waals surface area contributed by atoms with E-state index in [0.717, 1.165) is 34.5 Å². The van der Waals surface area contributed by atoms with Crippen molar-refractivity contribution in [2.75, 3.05) is 62.3 Å². The quantitative estimate of drug-likeness (QED) is 0.362. The minimum Gasteiger partial charge on any atom is -0.378 e. The number of H-pyrrole nitrogens is 1. The van der Waals surface area contributed by atoms with E-state index in [9.17, 15) is 9.59 Å². The Morgan fingerprint density at radius 3 is 2.38 bits per heavy atom. The van der Waals surface area contributed by atoms with E-state index in [-0.39, 0.29) is 5.91 Å². The number of benzene rings is 2. The lowest BCUT2D eigenvalue weighted by Crippen LogP contribution is -2.49. The minimum atomic E-state index is -0.524. The summed E-state index contributed by atoms with van der Waals surface area (Å²) in [5.41, 5.74) is 8.53. The van der Waals surface area contributed by atoms with E-state index in [1.165, 1.54) is 0 Å². The van der Waals surface area contributed by atoms with Gasteiger partial charge in [-0.3, -0.25) is 9.59 Å². The molecule has 0 spiro atoms. The van der Waals surface area contributed by atoms with Crippen LogP contribution in [0.1, 0.15) is 20.7 Å². The Labute approximate surface area is 233 Å². The molecule has 4 aromatic rings. The molecule has 11 nitrogen and oxygen atoms in total. The fourth-order valence-electron chi connectivity index (χ4n) is 4.93. The summed E-state index contributed by atoms with van der Waals surface area (Å²) < 4.78 is 6.33. The number of anilines is 2. The number of ether oxygens (including phenoxy) is 1. The number of para-hydroxylation sites is 1. The van der Waals surface area contributed by atoms with Crippen LogP contribution in [0.4, 0.5) is 11.8 Å². The van der Waals surface area contributed by atoms with Gasteiger partial charge in [0.1, 0.15) is 17.2 Å². The molecule has 0 aliphatic carbocycles. The van der Waals surface area contributed by atoms with E-state index in [1.807, 2.05) is 23.1 Å². The van der Waals surface area contributed by atoms with E-state index in [0.29, 0.717) is 67.8 Å². The second-order valence-corrected chi connectivity index (χ2v) is 10.3. The Morgan fingerprint density at radius 1 is 0.923 bits per heavy atom. The highest BCUT2D eigenvalue weighted by molar-refractivity contribution is 9.10. The normalized spacial score (nSPS) is 16.1. The van der Waals surface area contributed by atoms with Gasteiger partial charge in [-0.1, -0.05) is 18.2 Å². The topological polar surface area (TPSA) is 134 Å². The zero-order valence-electron chi connectivity index (χ0n) is 21.1. The lowest BCUT2D eigenvalue weighted by molar-refractivity contribution is 0.0746. The van der Waals surface area contributed by atoms with Crippen molar-refractivity contribution in [1.29, 1.82) is 0 Å². The van der Waals surface area contributed by atoms with Crippen LogP contribution in [0.5, 0.6) is 0 Å². The zero-order chi connectivity index (χ0) is 26.9. The van der Waals surface area contributed by atoms with Crippen LogP contribution in [0, 0.1) is 0 Å². The summed E-state index contributed by atoms with van der Waals surface area (Å²) in [5, 5.41) is 0. The van der Waals surface area contributed by atoms with Gasteiger partial charge in [0.05, 0.1) is 28.8 Å². The first kappa shape index (κ1) is 25.3. The molecule has 2 amide bonds. The molecule has 0 unspecified atom stereocenters. The number of morpholine rings is 1. The minimum absolute atomic E-state index is 0.0208. The smallest absolute Gasteiger partial charge is 0.253 e. The Bertz CT molecular complexity index is 1530. The second-order valence-electron chi connectivity index (χ2n) is 9.45. The number of hydrogen-bond acceptors (Lipinski definition) is 8. The monoisotopic (exact) mass is 590 g/mol. The predicted octanol–water partition coefficient (Wildman–Crippen LogP) is 2.68. The van der Waals surface area contributed by atoms with E-state index in [1.54, 1.807) is 30.5 Å². The molecule has 12 heteroatoms. The number of fused-ring (bicyclic) bond motifs is 1. The van der Waals surface area contributed by atoms with Gasteiger partial charge < -0.3 is 30.2 Å². The highest BCUT2D eigenvalue weighted by Gasteiger charge is 2.25. The van der Waals surface area contributed by atoms with Crippen molar-refractivity contribution in [2.45, 2.75) is 0 Å². The third kappa shape index (κ3) is 5.04. The number of rotatable bonds is 5. The number of nitrogens with two attached hydrogens (primary N) is 1. The van der Waals surface area contributed by atoms with Gasteiger partial charge in [-0.25, -0.2) is 9.97 Å². The number of nitrogens with zero attached hydrogens (tertiary/aromatic N) is 6. The van der Waals surface area contributed by atoms with Crippen LogP contribution in [-0.2, 0) is 4.74 Å². The van der Waals surface area contributed by atoms with Crippen LogP contribution >= 0.6 is 15.9 Å². The summed E-state index contributed by atoms with van der Waals surface area (Å²) in [4.78, 5) is 48.3. The fraction of sp³-hybridized carbons (Fsp3) is 0.296. The molecule has 2 aromatic carbocycles. The Kier molecular flexibility index (Phi) is 6.88. The van der Waals surface area contributed by atoms with Crippen LogP contribution in [0.3, 0.4) is 0 Å². The highest BCUT2D eigenvalue weighted by Crippen LogP contribution is 2.27. The molecule has 2 aliphatic heterocycles. The van der Waals surface area contributed by atoms with Crippen molar-refractivity contribution in [3.05, 3.63) is 64.3 Å². The van der Waals surface area contributed by atoms with Crippen molar-refractivity contribution >= 4 is 50.5 Å². The molecule has 6 rings (SSSR count). The maximum Gasteiger partial charge on any atom is 0.253 e. The van der Waals surface area contributed by atoms with Crippen molar-refractivity contribution in [3.63, 3.8) is 0 Å². The first-order valence-corrected chi connectivity index (χ1v) is 13.6. The number of aromatic nitrogens is 4. The fourth-order valence-corrected chi connectivity index (χ4v) is 5.37. The Hall–Kier alpha value is -4.03. The SMILES string of the molecule is NC(=O)c1cccc2[nH]c(-c3ccc(C(=O)N4CCN(c5ncc(Br)c(N6CCOCC6)n5)CC4)cc3)nc12. The van der Waals surface area contributed by atoms with E-state index >= 15 is 0 Å². The van der Waals surface area contributed by atoms with Crippen LogP contribution < -0.4 is 15.5 Å². The molecule has 3 N–H and O–H groups in total. The molecular formula is C27H27BrN8O3. The van der Waals surface area contributed by atoms with Crippen LogP contribution in [0.15, 0.2) is 53.1 Å². The van der Waals surface area contributed by atoms with Gasteiger partial charge in [0.25, 0.3) is 11.8 Å². The zero-order valence-corrected chi connectivity index (χ0v) is 22.7. The van der Waals surface area contributed by atoms with E-state index < -0.39 is 5.91 Å². The van der Waals surface area contributed by atoms with Crippen LogP contribution in [0.2, 0.25) is 0 Å². The predicted molar refractivity (Wildman–Crippen MR) is 151 cm³/mol. The number of carbonyl (C=O) groups excluding carboxylic acids is 2. The molecule has 0 atom stereocenters. The summed E-state index contributed by atoms with van der Waals surface area (Å²) in [7, 11) is 0. The number of piperazine rings is 1. The van der Waals surface area contributed by atoms with Gasteiger partial charge in [0.2, 0.25) is 5.95 Å². The second kappa shape index (κ2) is 10.6. The molecule has 0 radical (unpaired) electrons. The third-order valence-corrected chi connectivity index (χ3v) is 7.62. The molecule has 0 bridgehead atoms. The van der Waals surface area contributed by atoms with Crippen molar-refractivity contribution in [1.82, 2.24) is 24.8 Å². The molecule has 4 heterocycles. The number of amides is 2. The average molecular weight is 591 g/mol. The lowest BCUT2D eigenvalue weighted by atomic mass is 10.1. The van der Waals surface area contributed by atoms with Crippen LogP contribution in [0.25, 0.3) is 22.4 Å². The maximum atomic E-state index is 13.2. The Balaban J connectivity index is 1.12. The van der Waals surface area contributed by atoms with Crippen molar-refractivity contribution in [3.8, 4) is 11.4 Å². The summed E-state index contributed by atoms with van der Waals surface area (Å²) in [6.45, 7) is 5.40. The first-order chi connectivity index (χ1) is 19.0. The number of halogens is 1. The first-order valence-electron chi connectivity index (χ1n) is 12.8.